The van der Waals surface area contributed by atoms with Crippen molar-refractivity contribution in [3.8, 4) is 0 Å². The number of primary sulfonamides is 1. The van der Waals surface area contributed by atoms with Gasteiger partial charge in [0.25, 0.3) is 0 Å². The molecular formula is C10H13BrN2O3S. The molecule has 0 spiro atoms. The van der Waals surface area contributed by atoms with Gasteiger partial charge in [-0.1, -0.05) is 22.0 Å². The maximum Gasteiger partial charge on any atom is 0.238 e. The molecule has 0 saturated heterocycles. The molecule has 7 heteroatoms. The van der Waals surface area contributed by atoms with Crippen LogP contribution in [0.1, 0.15) is 12.0 Å². The van der Waals surface area contributed by atoms with Crippen molar-refractivity contribution >= 4 is 37.5 Å². The summed E-state index contributed by atoms with van der Waals surface area (Å²) in [7, 11) is -3.75. The van der Waals surface area contributed by atoms with Crippen LogP contribution < -0.4 is 10.5 Å². The predicted molar refractivity (Wildman–Crippen MR) is 69.6 cm³/mol. The summed E-state index contributed by atoms with van der Waals surface area (Å²) in [4.78, 5) is 11.4. The van der Waals surface area contributed by atoms with E-state index in [1.807, 2.05) is 0 Å². The van der Waals surface area contributed by atoms with Crippen LogP contribution in [-0.2, 0) is 14.8 Å². The minimum Gasteiger partial charge on any atom is -0.326 e. The Morgan fingerprint density at radius 3 is 2.65 bits per heavy atom. The third-order valence-electron chi connectivity index (χ3n) is 2.13. The number of alkyl halides is 1. The standard InChI is InChI=1S/C10H13BrN2O3S/c1-7-2-3-8(17(12,15)16)6-9(7)13-10(14)4-5-11/h2-3,6H,4-5H2,1H3,(H,13,14)(H2,12,15,16). The Kier molecular flexibility index (Phi) is 4.67. The van der Waals surface area contributed by atoms with Gasteiger partial charge in [0.2, 0.25) is 15.9 Å². The lowest BCUT2D eigenvalue weighted by atomic mass is 10.2. The number of nitrogens with two attached hydrogens (primary N) is 1. The maximum absolute atomic E-state index is 11.4. The van der Waals surface area contributed by atoms with Gasteiger partial charge in [0, 0.05) is 17.4 Å². The molecule has 1 aromatic carbocycles. The number of anilines is 1. The molecule has 1 rings (SSSR count). The Balaban J connectivity index is 3.03. The van der Waals surface area contributed by atoms with Crippen LogP contribution in [-0.4, -0.2) is 19.7 Å². The third kappa shape index (κ3) is 4.10. The maximum atomic E-state index is 11.4. The fourth-order valence-corrected chi connectivity index (χ4v) is 2.11. The average Bonchev–Trinajstić information content (AvgIpc) is 2.20. The number of rotatable bonds is 4. The van der Waals surface area contributed by atoms with E-state index in [9.17, 15) is 13.2 Å². The Labute approximate surface area is 109 Å². The quantitative estimate of drug-likeness (QED) is 0.821. The highest BCUT2D eigenvalue weighted by Gasteiger charge is 2.11. The summed E-state index contributed by atoms with van der Waals surface area (Å²) in [6.45, 7) is 1.77. The van der Waals surface area contributed by atoms with E-state index >= 15 is 0 Å². The van der Waals surface area contributed by atoms with E-state index in [0.717, 1.165) is 5.56 Å². The largest absolute Gasteiger partial charge is 0.326 e. The van der Waals surface area contributed by atoms with Gasteiger partial charge in [-0.3, -0.25) is 4.79 Å². The Morgan fingerprint density at radius 2 is 2.12 bits per heavy atom. The fourth-order valence-electron chi connectivity index (χ4n) is 1.21. The highest BCUT2D eigenvalue weighted by molar-refractivity contribution is 9.09. The number of benzene rings is 1. The summed E-state index contributed by atoms with van der Waals surface area (Å²) < 4.78 is 22.3. The van der Waals surface area contributed by atoms with Crippen molar-refractivity contribution in [1.29, 1.82) is 0 Å². The van der Waals surface area contributed by atoms with Crippen molar-refractivity contribution in [2.45, 2.75) is 18.2 Å². The lowest BCUT2D eigenvalue weighted by Crippen LogP contribution is -2.15. The van der Waals surface area contributed by atoms with Gasteiger partial charge in [0.15, 0.2) is 0 Å². The lowest BCUT2D eigenvalue weighted by molar-refractivity contribution is -0.115. The van der Waals surface area contributed by atoms with E-state index in [2.05, 4.69) is 21.2 Å². The summed E-state index contributed by atoms with van der Waals surface area (Å²) in [6, 6.07) is 4.37. The molecule has 0 aromatic heterocycles. The van der Waals surface area contributed by atoms with Crippen molar-refractivity contribution in [2.24, 2.45) is 5.14 Å². The number of carbonyl (C=O) groups is 1. The molecule has 5 nitrogen and oxygen atoms in total. The van der Waals surface area contributed by atoms with Crippen LogP contribution in [0.4, 0.5) is 5.69 Å². The first-order valence-corrected chi connectivity index (χ1v) is 7.50. The van der Waals surface area contributed by atoms with Crippen molar-refractivity contribution in [1.82, 2.24) is 0 Å². The normalized spacial score (nSPS) is 11.2. The van der Waals surface area contributed by atoms with Gasteiger partial charge in [-0.25, -0.2) is 13.6 Å². The van der Waals surface area contributed by atoms with Crippen molar-refractivity contribution in [3.05, 3.63) is 23.8 Å². The molecule has 0 radical (unpaired) electrons. The highest BCUT2D eigenvalue weighted by atomic mass is 79.9. The number of aryl methyl sites for hydroxylation is 1. The van der Waals surface area contributed by atoms with Gasteiger partial charge in [-0.05, 0) is 24.6 Å². The Hall–Kier alpha value is -0.920. The number of carbonyl (C=O) groups excluding carboxylic acids is 1. The van der Waals surface area contributed by atoms with E-state index in [-0.39, 0.29) is 10.8 Å². The third-order valence-corrected chi connectivity index (χ3v) is 3.44. The van der Waals surface area contributed by atoms with Crippen LogP contribution in [0, 0.1) is 6.92 Å². The number of hydrogen-bond donors (Lipinski definition) is 2. The summed E-state index contributed by atoms with van der Waals surface area (Å²) >= 11 is 3.15. The summed E-state index contributed by atoms with van der Waals surface area (Å²) in [5.41, 5.74) is 1.24. The SMILES string of the molecule is Cc1ccc(S(N)(=O)=O)cc1NC(=O)CCBr. The van der Waals surface area contributed by atoms with Crippen LogP contribution in [0.3, 0.4) is 0 Å². The van der Waals surface area contributed by atoms with E-state index in [4.69, 9.17) is 5.14 Å². The minimum atomic E-state index is -3.75. The van der Waals surface area contributed by atoms with Gasteiger partial charge in [0.1, 0.15) is 0 Å². The second kappa shape index (κ2) is 5.61. The monoisotopic (exact) mass is 320 g/mol. The van der Waals surface area contributed by atoms with Crippen molar-refractivity contribution in [3.63, 3.8) is 0 Å². The van der Waals surface area contributed by atoms with Crippen molar-refractivity contribution in [2.75, 3.05) is 10.6 Å². The van der Waals surface area contributed by atoms with E-state index in [1.54, 1.807) is 13.0 Å². The highest BCUT2D eigenvalue weighted by Crippen LogP contribution is 2.19. The van der Waals surface area contributed by atoms with Crippen molar-refractivity contribution < 1.29 is 13.2 Å². The van der Waals surface area contributed by atoms with Crippen LogP contribution >= 0.6 is 15.9 Å². The first-order valence-electron chi connectivity index (χ1n) is 4.84. The molecule has 1 amide bonds. The molecular weight excluding hydrogens is 308 g/mol. The smallest absolute Gasteiger partial charge is 0.238 e. The molecule has 0 unspecified atom stereocenters. The van der Waals surface area contributed by atoms with Crippen LogP contribution in [0.5, 0.6) is 0 Å². The molecule has 0 saturated carbocycles. The fraction of sp³-hybridized carbons (Fsp3) is 0.300. The molecule has 0 atom stereocenters. The minimum absolute atomic E-state index is 0.0164. The van der Waals surface area contributed by atoms with E-state index in [1.165, 1.54) is 12.1 Å². The van der Waals surface area contributed by atoms with Crippen LogP contribution in [0.2, 0.25) is 0 Å². The summed E-state index contributed by atoms with van der Waals surface area (Å²) in [5, 5.41) is 8.20. The molecule has 0 fully saturated rings. The topological polar surface area (TPSA) is 89.3 Å². The van der Waals surface area contributed by atoms with Crippen LogP contribution in [0.15, 0.2) is 23.1 Å². The zero-order chi connectivity index (χ0) is 13.1. The average molecular weight is 321 g/mol. The number of sulfonamides is 1. The lowest BCUT2D eigenvalue weighted by Gasteiger charge is -2.09. The number of halogens is 1. The molecule has 0 heterocycles. The van der Waals surface area contributed by atoms with Gasteiger partial charge >= 0.3 is 0 Å². The zero-order valence-electron chi connectivity index (χ0n) is 9.23. The summed E-state index contributed by atoms with van der Waals surface area (Å²) in [6.07, 6.45) is 0.318. The molecule has 17 heavy (non-hydrogen) atoms. The second-order valence-electron chi connectivity index (χ2n) is 3.51. The Morgan fingerprint density at radius 1 is 1.47 bits per heavy atom. The first-order chi connectivity index (χ1) is 7.84. The zero-order valence-corrected chi connectivity index (χ0v) is 11.6. The number of amides is 1. The molecule has 0 aliphatic rings. The number of hydrogen-bond acceptors (Lipinski definition) is 3. The molecule has 1 aromatic rings. The van der Waals surface area contributed by atoms with Gasteiger partial charge in [0.05, 0.1) is 4.90 Å². The summed E-state index contributed by atoms with van der Waals surface area (Å²) in [5.74, 6) is -0.184. The predicted octanol–water partition coefficient (Wildman–Crippen LogP) is 1.37. The second-order valence-corrected chi connectivity index (χ2v) is 5.86. The van der Waals surface area contributed by atoms with Gasteiger partial charge in [-0.2, -0.15) is 0 Å². The first kappa shape index (κ1) is 14.1. The molecule has 0 aliphatic carbocycles. The van der Waals surface area contributed by atoms with Gasteiger partial charge < -0.3 is 5.32 Å². The molecule has 0 bridgehead atoms. The van der Waals surface area contributed by atoms with E-state index < -0.39 is 10.0 Å². The Bertz CT molecular complexity index is 528. The van der Waals surface area contributed by atoms with Crippen LogP contribution in [0.25, 0.3) is 0 Å². The molecule has 94 valence electrons. The number of nitrogens with one attached hydrogen (secondary N) is 1. The van der Waals surface area contributed by atoms with E-state index in [0.29, 0.717) is 17.4 Å². The van der Waals surface area contributed by atoms with Gasteiger partial charge in [-0.15, -0.1) is 0 Å². The molecule has 0 aliphatic heterocycles. The molecule has 3 N–H and O–H groups in total.